The molecule has 4 rings (SSSR count). The Bertz CT molecular complexity index is 767. The summed E-state index contributed by atoms with van der Waals surface area (Å²) in [5, 5.41) is 7.03. The van der Waals surface area contributed by atoms with Crippen LogP contribution in [0.2, 0.25) is 0 Å². The van der Waals surface area contributed by atoms with Gasteiger partial charge in [0.1, 0.15) is 0 Å². The summed E-state index contributed by atoms with van der Waals surface area (Å²) in [5.74, 6) is 1.60. The summed E-state index contributed by atoms with van der Waals surface area (Å²) >= 11 is 3.46. The Hall–Kier alpha value is -1.73. The van der Waals surface area contributed by atoms with Gasteiger partial charge in [-0.05, 0) is 50.3 Å². The topological polar surface area (TPSA) is 77.2 Å². The number of halogens is 1. The molecule has 1 atom stereocenters. The van der Waals surface area contributed by atoms with Crippen LogP contribution in [-0.4, -0.2) is 28.8 Å². The molecule has 1 saturated carbocycles. The van der Waals surface area contributed by atoms with Gasteiger partial charge in [0.2, 0.25) is 5.91 Å². The van der Waals surface area contributed by atoms with E-state index in [-0.39, 0.29) is 12.0 Å². The standard InChI is InChI=1S/C18H20BrN3O3/c19-12-5-7-15(20-16(23)8-6-13-2-1-9-24-13)14(10-12)18-21-17(22-25-18)11-3-4-11/h5,7,10-11,13H,1-4,6,8-9H2,(H,20,23). The molecule has 1 aromatic carbocycles. The number of carbonyl (C=O) groups excluding carboxylic acids is 1. The van der Waals surface area contributed by atoms with Crippen molar-refractivity contribution in [3.63, 3.8) is 0 Å². The smallest absolute Gasteiger partial charge is 0.260 e. The highest BCUT2D eigenvalue weighted by Crippen LogP contribution is 2.39. The van der Waals surface area contributed by atoms with Crippen LogP contribution in [-0.2, 0) is 9.53 Å². The van der Waals surface area contributed by atoms with E-state index in [0.717, 1.165) is 54.6 Å². The number of anilines is 1. The molecule has 132 valence electrons. The average Bonchev–Trinajstić information content (AvgIpc) is 3.12. The Kier molecular flexibility index (Phi) is 4.85. The fraction of sp³-hybridized carbons (Fsp3) is 0.500. The number of carbonyl (C=O) groups is 1. The average molecular weight is 406 g/mol. The largest absolute Gasteiger partial charge is 0.378 e. The van der Waals surface area contributed by atoms with E-state index in [4.69, 9.17) is 9.26 Å². The molecule has 1 aromatic heterocycles. The molecule has 1 aliphatic carbocycles. The van der Waals surface area contributed by atoms with Gasteiger partial charge in [-0.25, -0.2) is 0 Å². The lowest BCUT2D eigenvalue weighted by Gasteiger charge is -2.11. The molecule has 2 fully saturated rings. The van der Waals surface area contributed by atoms with Crippen LogP contribution in [0.1, 0.15) is 50.3 Å². The highest BCUT2D eigenvalue weighted by Gasteiger charge is 2.29. The number of nitrogens with one attached hydrogen (secondary N) is 1. The number of benzene rings is 1. The first-order valence-electron chi connectivity index (χ1n) is 8.74. The Morgan fingerprint density at radius 1 is 1.32 bits per heavy atom. The Balaban J connectivity index is 1.47. The van der Waals surface area contributed by atoms with Crippen LogP contribution >= 0.6 is 15.9 Å². The molecule has 7 heteroatoms. The monoisotopic (exact) mass is 405 g/mol. The fourth-order valence-electron chi connectivity index (χ4n) is 3.03. The number of rotatable bonds is 6. The van der Waals surface area contributed by atoms with Crippen LogP contribution in [0.25, 0.3) is 11.5 Å². The lowest BCUT2D eigenvalue weighted by atomic mass is 10.1. The van der Waals surface area contributed by atoms with Gasteiger partial charge < -0.3 is 14.6 Å². The summed E-state index contributed by atoms with van der Waals surface area (Å²) in [4.78, 5) is 16.8. The SMILES string of the molecule is O=C(CCC1CCCO1)Nc1ccc(Br)cc1-c1nc(C2CC2)no1. The van der Waals surface area contributed by atoms with Crippen molar-refractivity contribution in [2.75, 3.05) is 11.9 Å². The molecule has 25 heavy (non-hydrogen) atoms. The predicted octanol–water partition coefficient (Wildman–Crippen LogP) is 4.27. The van der Waals surface area contributed by atoms with Crippen LogP contribution in [0.4, 0.5) is 5.69 Å². The van der Waals surface area contributed by atoms with Crippen molar-refractivity contribution < 1.29 is 14.1 Å². The van der Waals surface area contributed by atoms with Gasteiger partial charge >= 0.3 is 0 Å². The molecule has 1 amide bonds. The van der Waals surface area contributed by atoms with Gasteiger partial charge in [-0.1, -0.05) is 21.1 Å². The van der Waals surface area contributed by atoms with Gasteiger partial charge in [-0.15, -0.1) is 0 Å². The number of amides is 1. The molecule has 1 unspecified atom stereocenters. The van der Waals surface area contributed by atoms with Gasteiger partial charge in [0, 0.05) is 23.4 Å². The van der Waals surface area contributed by atoms with Crippen LogP contribution in [0.3, 0.4) is 0 Å². The molecule has 1 saturated heterocycles. The third kappa shape index (κ3) is 4.10. The fourth-order valence-corrected chi connectivity index (χ4v) is 3.39. The second-order valence-electron chi connectivity index (χ2n) is 6.64. The van der Waals surface area contributed by atoms with Crippen LogP contribution in [0.5, 0.6) is 0 Å². The van der Waals surface area contributed by atoms with Gasteiger partial charge in [0.15, 0.2) is 5.82 Å². The minimum absolute atomic E-state index is 0.0268. The van der Waals surface area contributed by atoms with E-state index in [1.54, 1.807) is 0 Å². The van der Waals surface area contributed by atoms with Crippen molar-refractivity contribution in [3.8, 4) is 11.5 Å². The highest BCUT2D eigenvalue weighted by molar-refractivity contribution is 9.10. The maximum Gasteiger partial charge on any atom is 0.260 e. The number of aromatic nitrogens is 2. The third-order valence-electron chi connectivity index (χ3n) is 4.59. The van der Waals surface area contributed by atoms with Crippen LogP contribution in [0.15, 0.2) is 27.2 Å². The first kappa shape index (κ1) is 16.7. The second-order valence-corrected chi connectivity index (χ2v) is 7.56. The number of ether oxygens (including phenoxy) is 1. The zero-order valence-electron chi connectivity index (χ0n) is 13.8. The van der Waals surface area contributed by atoms with E-state index in [9.17, 15) is 4.79 Å². The van der Waals surface area contributed by atoms with Gasteiger partial charge in [0.25, 0.3) is 5.89 Å². The molecular weight excluding hydrogens is 386 g/mol. The highest BCUT2D eigenvalue weighted by atomic mass is 79.9. The summed E-state index contributed by atoms with van der Waals surface area (Å²) < 4.78 is 11.9. The maximum atomic E-state index is 12.3. The number of nitrogens with zero attached hydrogens (tertiary/aromatic N) is 2. The van der Waals surface area contributed by atoms with Crippen molar-refractivity contribution in [2.45, 2.75) is 50.5 Å². The number of hydrogen-bond donors (Lipinski definition) is 1. The van der Waals surface area contributed by atoms with E-state index in [1.165, 1.54) is 0 Å². The molecule has 6 nitrogen and oxygen atoms in total. The third-order valence-corrected chi connectivity index (χ3v) is 5.08. The van der Waals surface area contributed by atoms with E-state index in [0.29, 0.717) is 23.9 Å². The Labute approximate surface area is 154 Å². The molecule has 0 bridgehead atoms. The molecule has 0 radical (unpaired) electrons. The lowest BCUT2D eigenvalue weighted by Crippen LogP contribution is -2.15. The normalized spacial score (nSPS) is 20.0. The summed E-state index contributed by atoms with van der Waals surface area (Å²) in [6, 6.07) is 5.63. The van der Waals surface area contributed by atoms with E-state index < -0.39 is 0 Å². The lowest BCUT2D eigenvalue weighted by molar-refractivity contribution is -0.116. The zero-order valence-corrected chi connectivity index (χ0v) is 15.4. The zero-order chi connectivity index (χ0) is 17.2. The summed E-state index contributed by atoms with van der Waals surface area (Å²) in [6.45, 7) is 0.809. The summed E-state index contributed by atoms with van der Waals surface area (Å²) in [7, 11) is 0. The van der Waals surface area contributed by atoms with Gasteiger partial charge in [-0.2, -0.15) is 4.98 Å². The molecule has 1 N–H and O–H groups in total. The van der Waals surface area contributed by atoms with E-state index >= 15 is 0 Å². The molecule has 0 spiro atoms. The van der Waals surface area contributed by atoms with Crippen molar-refractivity contribution >= 4 is 27.5 Å². The summed E-state index contributed by atoms with van der Waals surface area (Å²) in [5.41, 5.74) is 1.42. The van der Waals surface area contributed by atoms with Crippen molar-refractivity contribution in [2.24, 2.45) is 0 Å². The first-order valence-corrected chi connectivity index (χ1v) is 9.53. The van der Waals surface area contributed by atoms with Crippen LogP contribution < -0.4 is 5.32 Å². The summed E-state index contributed by atoms with van der Waals surface area (Å²) in [6.07, 6.45) is 5.77. The molecule has 2 aromatic rings. The molecule has 1 aliphatic heterocycles. The molecule has 2 heterocycles. The van der Waals surface area contributed by atoms with E-state index in [1.807, 2.05) is 18.2 Å². The second kappa shape index (κ2) is 7.25. The Morgan fingerprint density at radius 2 is 2.20 bits per heavy atom. The van der Waals surface area contributed by atoms with Gasteiger partial charge in [-0.3, -0.25) is 4.79 Å². The van der Waals surface area contributed by atoms with Crippen molar-refractivity contribution in [3.05, 3.63) is 28.5 Å². The van der Waals surface area contributed by atoms with Crippen molar-refractivity contribution in [1.29, 1.82) is 0 Å². The first-order chi connectivity index (χ1) is 12.2. The predicted molar refractivity (Wildman–Crippen MR) is 96.2 cm³/mol. The van der Waals surface area contributed by atoms with Crippen LogP contribution in [0, 0.1) is 0 Å². The molecule has 2 aliphatic rings. The minimum Gasteiger partial charge on any atom is -0.378 e. The minimum atomic E-state index is -0.0268. The van der Waals surface area contributed by atoms with Crippen molar-refractivity contribution in [1.82, 2.24) is 10.1 Å². The van der Waals surface area contributed by atoms with Gasteiger partial charge in [0.05, 0.1) is 17.4 Å². The Morgan fingerprint density at radius 3 is 2.96 bits per heavy atom. The molecular formula is C18H20BrN3O3. The van der Waals surface area contributed by atoms with E-state index in [2.05, 4.69) is 31.4 Å². The number of hydrogen-bond acceptors (Lipinski definition) is 5. The quantitative estimate of drug-likeness (QED) is 0.775. The maximum absolute atomic E-state index is 12.3.